The Kier molecular flexibility index (Phi) is 6.09. The topological polar surface area (TPSA) is 41.0 Å². The summed E-state index contributed by atoms with van der Waals surface area (Å²) < 4.78 is 8.00. The van der Waals surface area contributed by atoms with Crippen molar-refractivity contribution in [2.45, 2.75) is 19.5 Å². The van der Waals surface area contributed by atoms with E-state index in [4.69, 9.17) is 4.74 Å². The predicted molar refractivity (Wildman–Crippen MR) is 133 cm³/mol. The third kappa shape index (κ3) is 4.11. The number of piperazine rings is 1. The monoisotopic (exact) mass is 444 g/mol. The van der Waals surface area contributed by atoms with Crippen molar-refractivity contribution < 1.29 is 9.53 Å². The van der Waals surface area contributed by atoms with Gasteiger partial charge in [-0.2, -0.15) is 0 Å². The second-order valence-corrected chi connectivity index (χ2v) is 8.81. The molecule has 1 fully saturated rings. The minimum Gasteiger partial charge on any atom is -0.495 e. The van der Waals surface area contributed by atoms with Crippen molar-refractivity contribution >= 4 is 22.5 Å². The van der Waals surface area contributed by atoms with Crippen LogP contribution in [0.3, 0.4) is 0 Å². The highest BCUT2D eigenvalue weighted by molar-refractivity contribution is 5.89. The van der Waals surface area contributed by atoms with Crippen molar-refractivity contribution in [1.29, 1.82) is 0 Å². The Balaban J connectivity index is 1.30. The van der Waals surface area contributed by atoms with Crippen LogP contribution in [-0.4, -0.2) is 66.7 Å². The second-order valence-electron chi connectivity index (χ2n) is 8.81. The first-order valence-corrected chi connectivity index (χ1v) is 11.8. The van der Waals surface area contributed by atoms with E-state index in [2.05, 4.69) is 57.3 Å². The molecular formula is C27H32N4O2. The Morgan fingerprint density at radius 2 is 1.76 bits per heavy atom. The van der Waals surface area contributed by atoms with E-state index in [0.717, 1.165) is 58.0 Å². The molecule has 0 radical (unpaired) electrons. The van der Waals surface area contributed by atoms with Gasteiger partial charge in [0.2, 0.25) is 5.91 Å². The number of carbonyl (C=O) groups excluding carboxylic acids is 1. The number of benzene rings is 2. The van der Waals surface area contributed by atoms with Gasteiger partial charge in [0.1, 0.15) is 5.75 Å². The molecular weight excluding hydrogens is 412 g/mol. The lowest BCUT2D eigenvalue weighted by Crippen LogP contribution is -2.47. The molecule has 0 spiro atoms. The summed E-state index contributed by atoms with van der Waals surface area (Å²) in [6.45, 7) is 11.1. The van der Waals surface area contributed by atoms with Crippen molar-refractivity contribution in [3.63, 3.8) is 0 Å². The number of aromatic nitrogens is 1. The highest BCUT2D eigenvalue weighted by Crippen LogP contribution is 2.31. The van der Waals surface area contributed by atoms with Crippen LogP contribution in [0.2, 0.25) is 0 Å². The minimum atomic E-state index is 0.0184. The smallest absolute Gasteiger partial charge is 0.246 e. The first-order chi connectivity index (χ1) is 16.2. The van der Waals surface area contributed by atoms with Crippen molar-refractivity contribution in [2.75, 3.05) is 51.3 Å². The van der Waals surface area contributed by atoms with E-state index >= 15 is 0 Å². The zero-order valence-corrected chi connectivity index (χ0v) is 19.4. The molecule has 3 heterocycles. The summed E-state index contributed by atoms with van der Waals surface area (Å²) in [4.78, 5) is 19.2. The van der Waals surface area contributed by atoms with Crippen LogP contribution in [0.5, 0.6) is 5.75 Å². The van der Waals surface area contributed by atoms with Gasteiger partial charge in [-0.1, -0.05) is 36.9 Å². The fourth-order valence-electron chi connectivity index (χ4n) is 5.31. The maximum absolute atomic E-state index is 12.3. The van der Waals surface area contributed by atoms with Gasteiger partial charge >= 0.3 is 0 Å². The second kappa shape index (κ2) is 9.32. The van der Waals surface area contributed by atoms with Crippen LogP contribution < -0.4 is 9.64 Å². The molecule has 6 heteroatoms. The zero-order chi connectivity index (χ0) is 22.8. The number of ether oxygens (including phenoxy) is 1. The maximum Gasteiger partial charge on any atom is 0.246 e. The molecule has 6 nitrogen and oxygen atoms in total. The van der Waals surface area contributed by atoms with Gasteiger partial charge in [0, 0.05) is 62.4 Å². The van der Waals surface area contributed by atoms with E-state index in [1.165, 1.54) is 33.9 Å². The Morgan fingerprint density at radius 3 is 2.55 bits per heavy atom. The summed E-state index contributed by atoms with van der Waals surface area (Å²) in [5, 5.41) is 1.33. The standard InChI is InChI=1S/C27H32N4O2/c1-3-27(32)30-13-12-22-21-8-4-5-9-23(21)31(25(22)20-30)19-16-28-14-17-29(18-15-28)24-10-6-7-11-26(24)33-2/h3-11H,1,12-20H2,2H3. The van der Waals surface area contributed by atoms with E-state index < -0.39 is 0 Å². The Hall–Kier alpha value is -3.25. The lowest BCUT2D eigenvalue weighted by atomic mass is 10.0. The molecule has 5 rings (SSSR count). The molecule has 0 saturated carbocycles. The Bertz CT molecular complexity index is 1160. The average molecular weight is 445 g/mol. The molecule has 1 saturated heterocycles. The summed E-state index contributed by atoms with van der Waals surface area (Å²) in [5.41, 5.74) is 5.14. The van der Waals surface area contributed by atoms with Gasteiger partial charge in [0.05, 0.1) is 19.3 Å². The van der Waals surface area contributed by atoms with Crippen LogP contribution in [0.15, 0.2) is 61.2 Å². The number of nitrogens with zero attached hydrogens (tertiary/aromatic N) is 4. The summed E-state index contributed by atoms with van der Waals surface area (Å²) in [6.07, 6.45) is 2.33. The predicted octanol–water partition coefficient (Wildman–Crippen LogP) is 3.54. The van der Waals surface area contributed by atoms with Crippen LogP contribution in [0.25, 0.3) is 10.9 Å². The normalized spacial score (nSPS) is 16.6. The molecule has 3 aromatic rings. The first-order valence-electron chi connectivity index (χ1n) is 11.8. The Morgan fingerprint density at radius 1 is 1.00 bits per heavy atom. The summed E-state index contributed by atoms with van der Waals surface area (Å²) in [6, 6.07) is 16.9. The highest BCUT2D eigenvalue weighted by Gasteiger charge is 2.26. The molecule has 1 aromatic heterocycles. The van der Waals surface area contributed by atoms with E-state index in [9.17, 15) is 4.79 Å². The molecule has 0 aliphatic carbocycles. The largest absolute Gasteiger partial charge is 0.495 e. The number of hydrogen-bond donors (Lipinski definition) is 0. The fraction of sp³-hybridized carbons (Fsp3) is 0.370. The molecule has 0 bridgehead atoms. The van der Waals surface area contributed by atoms with Gasteiger partial charge in [-0.3, -0.25) is 9.69 Å². The third-order valence-electron chi connectivity index (χ3n) is 7.09. The van der Waals surface area contributed by atoms with Crippen molar-refractivity contribution in [3.8, 4) is 5.75 Å². The number of para-hydroxylation sites is 3. The molecule has 0 atom stereocenters. The Labute approximate surface area is 195 Å². The summed E-state index contributed by atoms with van der Waals surface area (Å²) in [5.74, 6) is 0.958. The SMILES string of the molecule is C=CC(=O)N1CCc2c(n(CCN3CCN(c4ccccc4OC)CC3)c3ccccc23)C1. The van der Waals surface area contributed by atoms with Gasteiger partial charge in [-0.25, -0.2) is 0 Å². The number of fused-ring (bicyclic) bond motifs is 3. The number of rotatable bonds is 6. The van der Waals surface area contributed by atoms with Gasteiger partial charge in [-0.05, 0) is 36.3 Å². The van der Waals surface area contributed by atoms with Crippen LogP contribution in [0.1, 0.15) is 11.3 Å². The maximum atomic E-state index is 12.3. The van der Waals surface area contributed by atoms with E-state index in [-0.39, 0.29) is 5.91 Å². The van der Waals surface area contributed by atoms with Gasteiger partial charge in [0.25, 0.3) is 0 Å². The van der Waals surface area contributed by atoms with E-state index in [0.29, 0.717) is 6.54 Å². The van der Waals surface area contributed by atoms with Crippen molar-refractivity contribution in [3.05, 3.63) is 72.4 Å². The van der Waals surface area contributed by atoms with Crippen LogP contribution in [0, 0.1) is 0 Å². The molecule has 2 aliphatic heterocycles. The molecule has 0 N–H and O–H groups in total. The van der Waals surface area contributed by atoms with Crippen LogP contribution in [0.4, 0.5) is 5.69 Å². The number of amides is 1. The fourth-order valence-corrected chi connectivity index (χ4v) is 5.31. The first kappa shape index (κ1) is 21.6. The highest BCUT2D eigenvalue weighted by atomic mass is 16.5. The number of carbonyl (C=O) groups is 1. The van der Waals surface area contributed by atoms with E-state index in [1.807, 2.05) is 17.0 Å². The lowest BCUT2D eigenvalue weighted by molar-refractivity contribution is -0.126. The average Bonchev–Trinajstić information content (AvgIpc) is 3.20. The van der Waals surface area contributed by atoms with Crippen molar-refractivity contribution in [2.24, 2.45) is 0 Å². The molecule has 2 aromatic carbocycles. The van der Waals surface area contributed by atoms with Gasteiger partial charge in [0.15, 0.2) is 0 Å². The number of anilines is 1. The summed E-state index contributed by atoms with van der Waals surface area (Å²) in [7, 11) is 1.74. The molecule has 0 unspecified atom stereocenters. The minimum absolute atomic E-state index is 0.0184. The number of methoxy groups -OCH3 is 1. The third-order valence-corrected chi connectivity index (χ3v) is 7.09. The number of hydrogen-bond acceptors (Lipinski definition) is 4. The molecule has 33 heavy (non-hydrogen) atoms. The quantitative estimate of drug-likeness (QED) is 0.546. The molecule has 1 amide bonds. The molecule has 2 aliphatic rings. The van der Waals surface area contributed by atoms with Gasteiger partial charge < -0.3 is 19.1 Å². The van der Waals surface area contributed by atoms with Crippen LogP contribution in [-0.2, 0) is 24.3 Å². The van der Waals surface area contributed by atoms with Crippen molar-refractivity contribution in [1.82, 2.24) is 14.4 Å². The summed E-state index contributed by atoms with van der Waals surface area (Å²) >= 11 is 0. The molecule has 172 valence electrons. The van der Waals surface area contributed by atoms with E-state index in [1.54, 1.807) is 7.11 Å². The van der Waals surface area contributed by atoms with Crippen LogP contribution >= 0.6 is 0 Å². The van der Waals surface area contributed by atoms with Gasteiger partial charge in [-0.15, -0.1) is 0 Å². The zero-order valence-electron chi connectivity index (χ0n) is 19.4. The lowest BCUT2D eigenvalue weighted by Gasteiger charge is -2.37.